The fraction of sp³-hybridized carbons (Fsp3) is 0.333. The van der Waals surface area contributed by atoms with Crippen LogP contribution in [0.2, 0.25) is 0 Å². The Morgan fingerprint density at radius 1 is 1.30 bits per heavy atom. The van der Waals surface area contributed by atoms with Crippen LogP contribution in [0.3, 0.4) is 0 Å². The molecule has 0 spiro atoms. The van der Waals surface area contributed by atoms with Crippen molar-refractivity contribution in [2.45, 2.75) is 26.3 Å². The molecule has 2 heterocycles. The molecule has 3 rings (SSSR count). The third-order valence-corrected chi connectivity index (χ3v) is 4.17. The number of pyridine rings is 1. The van der Waals surface area contributed by atoms with Crippen LogP contribution < -0.4 is 14.8 Å². The van der Waals surface area contributed by atoms with Gasteiger partial charge in [-0.25, -0.2) is 0 Å². The first kappa shape index (κ1) is 15.3. The largest absolute Gasteiger partial charge is 0.497 e. The van der Waals surface area contributed by atoms with Crippen molar-refractivity contribution in [1.29, 1.82) is 0 Å². The number of nitrogens with zero attached hydrogens (tertiary/aromatic N) is 1. The summed E-state index contributed by atoms with van der Waals surface area (Å²) in [6, 6.07) is 7.40. The molecule has 120 valence electrons. The van der Waals surface area contributed by atoms with Gasteiger partial charge in [0.1, 0.15) is 17.2 Å². The van der Waals surface area contributed by atoms with Crippen molar-refractivity contribution in [3.05, 3.63) is 52.8 Å². The Morgan fingerprint density at radius 3 is 2.87 bits per heavy atom. The molecular formula is C18H20N2O3. The molecule has 1 aliphatic heterocycles. The van der Waals surface area contributed by atoms with Crippen LogP contribution in [0.5, 0.6) is 11.5 Å². The lowest BCUT2D eigenvalue weighted by atomic mass is 10.00. The van der Waals surface area contributed by atoms with Gasteiger partial charge in [-0.15, -0.1) is 0 Å². The van der Waals surface area contributed by atoms with Crippen LogP contribution in [0.25, 0.3) is 0 Å². The van der Waals surface area contributed by atoms with E-state index < -0.39 is 0 Å². The standard InChI is InChI=1S/C18H20N2O3/c1-11-8-16(19-10-12(11)2)18(21)20-15-6-7-23-17-9-13(22-3)4-5-14(15)17/h4-5,8-10,15H,6-7H2,1-3H3,(H,20,21). The maximum atomic E-state index is 12.5. The number of methoxy groups -OCH3 is 1. The molecule has 1 aromatic heterocycles. The second kappa shape index (κ2) is 6.28. The van der Waals surface area contributed by atoms with Gasteiger partial charge < -0.3 is 14.8 Å². The minimum Gasteiger partial charge on any atom is -0.497 e. The van der Waals surface area contributed by atoms with E-state index in [1.807, 2.05) is 38.1 Å². The van der Waals surface area contributed by atoms with E-state index in [0.29, 0.717) is 12.3 Å². The third kappa shape index (κ3) is 3.13. The molecule has 0 bridgehead atoms. The fourth-order valence-corrected chi connectivity index (χ4v) is 2.63. The fourth-order valence-electron chi connectivity index (χ4n) is 2.63. The summed E-state index contributed by atoms with van der Waals surface area (Å²) < 4.78 is 10.9. The van der Waals surface area contributed by atoms with Crippen molar-refractivity contribution >= 4 is 5.91 Å². The Morgan fingerprint density at radius 2 is 2.13 bits per heavy atom. The molecule has 1 unspecified atom stereocenters. The summed E-state index contributed by atoms with van der Waals surface area (Å²) in [4.78, 5) is 16.7. The number of hydrogen-bond donors (Lipinski definition) is 1. The van der Waals surface area contributed by atoms with Crippen molar-refractivity contribution in [2.75, 3.05) is 13.7 Å². The molecule has 0 aliphatic carbocycles. The van der Waals surface area contributed by atoms with Gasteiger partial charge in [0.25, 0.3) is 5.91 Å². The van der Waals surface area contributed by atoms with Crippen LogP contribution in [0, 0.1) is 13.8 Å². The van der Waals surface area contributed by atoms with Crippen molar-refractivity contribution in [1.82, 2.24) is 10.3 Å². The molecule has 5 nitrogen and oxygen atoms in total. The van der Waals surface area contributed by atoms with Crippen molar-refractivity contribution in [2.24, 2.45) is 0 Å². The van der Waals surface area contributed by atoms with Crippen molar-refractivity contribution in [3.63, 3.8) is 0 Å². The molecule has 1 aromatic carbocycles. The normalized spacial score (nSPS) is 16.2. The Hall–Kier alpha value is -2.56. The Bertz CT molecular complexity index is 743. The van der Waals surface area contributed by atoms with Crippen LogP contribution in [-0.2, 0) is 0 Å². The van der Waals surface area contributed by atoms with E-state index in [2.05, 4.69) is 10.3 Å². The summed E-state index contributed by atoms with van der Waals surface area (Å²) in [6.45, 7) is 4.52. The Kier molecular flexibility index (Phi) is 4.19. The maximum absolute atomic E-state index is 12.5. The monoisotopic (exact) mass is 312 g/mol. The van der Waals surface area contributed by atoms with E-state index in [1.54, 1.807) is 13.3 Å². The molecule has 5 heteroatoms. The summed E-state index contributed by atoms with van der Waals surface area (Å²) >= 11 is 0. The number of carbonyl (C=O) groups excluding carboxylic acids is 1. The highest BCUT2D eigenvalue weighted by molar-refractivity contribution is 5.92. The summed E-state index contributed by atoms with van der Waals surface area (Å²) in [5.74, 6) is 1.34. The summed E-state index contributed by atoms with van der Waals surface area (Å²) in [6.07, 6.45) is 2.46. The SMILES string of the molecule is COc1ccc2c(c1)OCCC2NC(=O)c1cc(C)c(C)cn1. The number of carbonyl (C=O) groups is 1. The number of fused-ring (bicyclic) bond motifs is 1. The number of rotatable bonds is 3. The molecule has 0 saturated carbocycles. The van der Waals surface area contributed by atoms with Gasteiger partial charge in [0.15, 0.2) is 0 Å². The predicted molar refractivity (Wildman–Crippen MR) is 87.0 cm³/mol. The Balaban J connectivity index is 1.81. The van der Waals surface area contributed by atoms with Gasteiger partial charge in [0, 0.05) is 24.2 Å². The molecule has 1 amide bonds. The molecule has 23 heavy (non-hydrogen) atoms. The van der Waals surface area contributed by atoms with Gasteiger partial charge in [-0.05, 0) is 43.2 Å². The first-order valence-corrected chi connectivity index (χ1v) is 7.63. The zero-order valence-corrected chi connectivity index (χ0v) is 13.6. The number of nitrogens with one attached hydrogen (secondary N) is 1. The van der Waals surface area contributed by atoms with Gasteiger partial charge in [0.2, 0.25) is 0 Å². The van der Waals surface area contributed by atoms with E-state index in [9.17, 15) is 4.79 Å². The average molecular weight is 312 g/mol. The molecule has 0 saturated heterocycles. The van der Waals surface area contributed by atoms with Gasteiger partial charge >= 0.3 is 0 Å². The smallest absolute Gasteiger partial charge is 0.270 e. The van der Waals surface area contributed by atoms with Gasteiger partial charge in [0.05, 0.1) is 19.8 Å². The molecule has 1 atom stereocenters. The van der Waals surface area contributed by atoms with Crippen LogP contribution in [0.1, 0.15) is 39.6 Å². The van der Waals surface area contributed by atoms with Crippen molar-refractivity contribution in [3.8, 4) is 11.5 Å². The van der Waals surface area contributed by atoms with Crippen LogP contribution >= 0.6 is 0 Å². The second-order valence-corrected chi connectivity index (χ2v) is 5.72. The Labute approximate surface area is 135 Å². The summed E-state index contributed by atoms with van der Waals surface area (Å²) in [5, 5.41) is 3.05. The highest BCUT2D eigenvalue weighted by Crippen LogP contribution is 2.34. The van der Waals surface area contributed by atoms with Crippen LogP contribution in [-0.4, -0.2) is 24.6 Å². The van der Waals surface area contributed by atoms with Crippen molar-refractivity contribution < 1.29 is 14.3 Å². The number of hydrogen-bond acceptors (Lipinski definition) is 4. The maximum Gasteiger partial charge on any atom is 0.270 e. The molecular weight excluding hydrogens is 292 g/mol. The average Bonchev–Trinajstić information content (AvgIpc) is 2.57. The zero-order chi connectivity index (χ0) is 16.4. The number of ether oxygens (including phenoxy) is 2. The van der Waals surface area contributed by atoms with Gasteiger partial charge in [-0.3, -0.25) is 9.78 Å². The van der Waals surface area contributed by atoms with E-state index in [1.165, 1.54) is 0 Å². The second-order valence-electron chi connectivity index (χ2n) is 5.72. The highest BCUT2D eigenvalue weighted by atomic mass is 16.5. The quantitative estimate of drug-likeness (QED) is 0.946. The minimum atomic E-state index is -0.165. The first-order chi connectivity index (χ1) is 11.1. The molecule has 0 fully saturated rings. The topological polar surface area (TPSA) is 60.5 Å². The van der Waals surface area contributed by atoms with Gasteiger partial charge in [-0.2, -0.15) is 0 Å². The van der Waals surface area contributed by atoms with E-state index in [0.717, 1.165) is 34.6 Å². The lowest BCUT2D eigenvalue weighted by Gasteiger charge is -2.27. The number of aryl methyl sites for hydroxylation is 2. The minimum absolute atomic E-state index is 0.0828. The van der Waals surface area contributed by atoms with E-state index >= 15 is 0 Å². The van der Waals surface area contributed by atoms with Gasteiger partial charge in [-0.1, -0.05) is 0 Å². The van der Waals surface area contributed by atoms with E-state index in [-0.39, 0.29) is 11.9 Å². The zero-order valence-electron chi connectivity index (χ0n) is 13.6. The highest BCUT2D eigenvalue weighted by Gasteiger charge is 2.24. The number of amides is 1. The molecule has 0 radical (unpaired) electrons. The molecule has 2 aromatic rings. The molecule has 1 aliphatic rings. The summed E-state index contributed by atoms with van der Waals surface area (Å²) in [7, 11) is 1.62. The van der Waals surface area contributed by atoms with E-state index in [4.69, 9.17) is 9.47 Å². The molecule has 1 N–H and O–H groups in total. The number of benzene rings is 1. The first-order valence-electron chi connectivity index (χ1n) is 7.63. The predicted octanol–water partition coefficient (Wildman–Crippen LogP) is 2.96. The number of aromatic nitrogens is 1. The van der Waals surface area contributed by atoms with Crippen LogP contribution in [0.4, 0.5) is 0 Å². The third-order valence-electron chi connectivity index (χ3n) is 4.17. The van der Waals surface area contributed by atoms with Crippen LogP contribution in [0.15, 0.2) is 30.5 Å². The lowest BCUT2D eigenvalue weighted by molar-refractivity contribution is 0.0919. The lowest BCUT2D eigenvalue weighted by Crippen LogP contribution is -2.32. The summed E-state index contributed by atoms with van der Waals surface area (Å²) in [5.41, 5.74) is 3.54.